The average molecular weight is 439 g/mol. The lowest BCUT2D eigenvalue weighted by Gasteiger charge is -2.31. The number of benzene rings is 1. The molecule has 174 valence electrons. The number of hydrogen-bond donors (Lipinski definition) is 1. The van der Waals surface area contributed by atoms with Gasteiger partial charge in [-0.15, -0.1) is 0 Å². The van der Waals surface area contributed by atoms with Crippen molar-refractivity contribution in [3.8, 4) is 5.75 Å². The van der Waals surface area contributed by atoms with Crippen LogP contribution in [0.25, 0.3) is 17.0 Å². The van der Waals surface area contributed by atoms with Crippen LogP contribution < -0.4 is 4.74 Å². The maximum Gasteiger partial charge on any atom is 0.222 e. The van der Waals surface area contributed by atoms with E-state index in [-0.39, 0.29) is 5.91 Å². The van der Waals surface area contributed by atoms with Gasteiger partial charge < -0.3 is 14.7 Å². The quantitative estimate of drug-likeness (QED) is 0.523. The largest absolute Gasteiger partial charge is 0.493 e. The van der Waals surface area contributed by atoms with Gasteiger partial charge in [0.2, 0.25) is 5.91 Å². The van der Waals surface area contributed by atoms with Gasteiger partial charge in [-0.1, -0.05) is 31.6 Å². The van der Waals surface area contributed by atoms with E-state index in [0.29, 0.717) is 25.4 Å². The summed E-state index contributed by atoms with van der Waals surface area (Å²) in [6.45, 7) is 10.0. The van der Waals surface area contributed by atoms with Crippen LogP contribution in [0.3, 0.4) is 0 Å². The zero-order valence-electron chi connectivity index (χ0n) is 20.1. The number of para-hydroxylation sites is 1. The lowest BCUT2D eigenvalue weighted by molar-refractivity contribution is -0.133. The van der Waals surface area contributed by atoms with Crippen LogP contribution >= 0.6 is 0 Å². The summed E-state index contributed by atoms with van der Waals surface area (Å²) in [5, 5.41) is 10.9. The third-order valence-electron chi connectivity index (χ3n) is 6.23. The van der Waals surface area contributed by atoms with Crippen molar-refractivity contribution in [1.29, 1.82) is 0 Å². The summed E-state index contributed by atoms with van der Waals surface area (Å²) in [4.78, 5) is 19.2. The third-order valence-corrected chi connectivity index (χ3v) is 6.23. The molecule has 0 saturated carbocycles. The van der Waals surface area contributed by atoms with Crippen LogP contribution in [-0.4, -0.2) is 46.2 Å². The second kappa shape index (κ2) is 11.0. The fourth-order valence-electron chi connectivity index (χ4n) is 4.10. The fraction of sp³-hybridized carbons (Fsp3) is 0.556. The molecule has 5 heteroatoms. The molecule has 1 aliphatic rings. The predicted molar refractivity (Wildman–Crippen MR) is 131 cm³/mol. The van der Waals surface area contributed by atoms with E-state index in [1.54, 1.807) is 13.8 Å². The van der Waals surface area contributed by atoms with E-state index < -0.39 is 5.60 Å². The van der Waals surface area contributed by atoms with Crippen molar-refractivity contribution in [2.45, 2.75) is 71.8 Å². The predicted octanol–water partition coefficient (Wildman–Crippen LogP) is 5.53. The van der Waals surface area contributed by atoms with Gasteiger partial charge in [0.05, 0.1) is 23.4 Å². The maximum atomic E-state index is 12.4. The molecule has 0 radical (unpaired) electrons. The van der Waals surface area contributed by atoms with Crippen molar-refractivity contribution in [1.82, 2.24) is 9.88 Å². The summed E-state index contributed by atoms with van der Waals surface area (Å²) >= 11 is 0. The van der Waals surface area contributed by atoms with Crippen molar-refractivity contribution in [3.05, 3.63) is 41.6 Å². The first kappa shape index (κ1) is 24.2. The van der Waals surface area contributed by atoms with Gasteiger partial charge in [-0.25, -0.2) is 4.98 Å². The van der Waals surface area contributed by atoms with Crippen molar-refractivity contribution >= 4 is 22.9 Å². The molecule has 1 amide bonds. The van der Waals surface area contributed by atoms with E-state index in [9.17, 15) is 9.90 Å². The van der Waals surface area contributed by atoms with Crippen LogP contribution in [0.15, 0.2) is 30.3 Å². The van der Waals surface area contributed by atoms with Crippen LogP contribution in [0.1, 0.15) is 70.6 Å². The molecule has 1 aromatic carbocycles. The van der Waals surface area contributed by atoms with Crippen LogP contribution in [0.2, 0.25) is 0 Å². The highest BCUT2D eigenvalue weighted by atomic mass is 16.5. The molecular weight excluding hydrogens is 400 g/mol. The van der Waals surface area contributed by atoms with E-state index in [1.165, 1.54) is 0 Å². The monoisotopic (exact) mass is 438 g/mol. The van der Waals surface area contributed by atoms with Gasteiger partial charge in [-0.05, 0) is 70.6 Å². The Labute approximate surface area is 192 Å². The fourth-order valence-corrected chi connectivity index (χ4v) is 4.10. The van der Waals surface area contributed by atoms with E-state index in [1.807, 2.05) is 23.1 Å². The second-order valence-corrected chi connectivity index (χ2v) is 9.56. The number of aliphatic hydroxyl groups is 1. The Morgan fingerprint density at radius 2 is 2.00 bits per heavy atom. The van der Waals surface area contributed by atoms with Crippen molar-refractivity contribution in [3.63, 3.8) is 0 Å². The number of ether oxygens (including phenoxy) is 1. The van der Waals surface area contributed by atoms with E-state index in [2.05, 4.69) is 32.1 Å². The van der Waals surface area contributed by atoms with E-state index in [4.69, 9.17) is 9.72 Å². The number of piperidine rings is 1. The van der Waals surface area contributed by atoms with Gasteiger partial charge in [-0.2, -0.15) is 0 Å². The molecule has 3 rings (SSSR count). The summed E-state index contributed by atoms with van der Waals surface area (Å²) in [5.41, 5.74) is 2.20. The number of rotatable bonds is 9. The minimum Gasteiger partial charge on any atom is -0.493 e. The smallest absolute Gasteiger partial charge is 0.222 e. The summed E-state index contributed by atoms with van der Waals surface area (Å²) in [6.07, 6.45) is 9.34. The number of fused-ring (bicyclic) bond motifs is 1. The van der Waals surface area contributed by atoms with Gasteiger partial charge in [0.15, 0.2) is 0 Å². The molecule has 0 spiro atoms. The molecular formula is C27H38N2O3. The number of likely N-dealkylation sites (tertiary alicyclic amines) is 1. The molecule has 5 nitrogen and oxygen atoms in total. The van der Waals surface area contributed by atoms with Crippen molar-refractivity contribution < 1.29 is 14.6 Å². The number of carbonyl (C=O) groups excluding carboxylic acids is 1. The topological polar surface area (TPSA) is 62.7 Å². The number of allylic oxidation sites excluding steroid dienone is 1. The molecule has 1 aliphatic heterocycles. The molecule has 32 heavy (non-hydrogen) atoms. The van der Waals surface area contributed by atoms with Crippen molar-refractivity contribution in [2.24, 2.45) is 5.92 Å². The normalized spacial score (nSPS) is 15.6. The van der Waals surface area contributed by atoms with Crippen LogP contribution in [-0.2, 0) is 4.79 Å². The second-order valence-electron chi connectivity index (χ2n) is 9.56. The molecule has 0 aliphatic carbocycles. The van der Waals surface area contributed by atoms with E-state index >= 15 is 0 Å². The third kappa shape index (κ3) is 6.55. The highest BCUT2D eigenvalue weighted by Crippen LogP contribution is 2.32. The Hall–Kier alpha value is -2.40. The molecule has 1 N–H and O–H groups in total. The number of carbonyl (C=O) groups is 1. The molecule has 0 atom stereocenters. The van der Waals surface area contributed by atoms with Gasteiger partial charge in [0.1, 0.15) is 5.75 Å². The SMILES string of the molecule is CCCCOc1c(C)c(/C=C/C2CCN(C(=O)CCC(C)(C)O)CC2)nc2ccccc12. The Kier molecular flexibility index (Phi) is 8.30. The minimum atomic E-state index is -0.791. The molecule has 2 heterocycles. The molecule has 1 aromatic heterocycles. The van der Waals surface area contributed by atoms with Crippen LogP contribution in [0.4, 0.5) is 0 Å². The molecule has 2 aromatic rings. The Bertz CT molecular complexity index is 938. The summed E-state index contributed by atoms with van der Waals surface area (Å²) < 4.78 is 6.17. The molecule has 1 saturated heterocycles. The van der Waals surface area contributed by atoms with Crippen LogP contribution in [0.5, 0.6) is 5.75 Å². The summed E-state index contributed by atoms with van der Waals surface area (Å²) in [7, 11) is 0. The first-order valence-corrected chi connectivity index (χ1v) is 12.0. The standard InChI is InChI=1S/C27H38N2O3/c1-5-6-19-32-26-20(2)23(28-24-10-8-7-9-22(24)26)12-11-21-14-17-29(18-15-21)25(30)13-16-27(3,4)31/h7-12,21,31H,5-6,13-19H2,1-4H3/b12-11+. The van der Waals surface area contributed by atoms with Gasteiger partial charge in [0.25, 0.3) is 0 Å². The Morgan fingerprint density at radius 1 is 1.28 bits per heavy atom. The first-order valence-electron chi connectivity index (χ1n) is 12.0. The zero-order chi connectivity index (χ0) is 23.1. The van der Waals surface area contributed by atoms with E-state index in [0.717, 1.165) is 66.7 Å². The molecule has 0 bridgehead atoms. The maximum absolute atomic E-state index is 12.4. The average Bonchev–Trinajstić information content (AvgIpc) is 2.77. The summed E-state index contributed by atoms with van der Waals surface area (Å²) in [5.74, 6) is 1.52. The number of nitrogens with zero attached hydrogens (tertiary/aromatic N) is 2. The Balaban J connectivity index is 1.66. The van der Waals surface area contributed by atoms with Gasteiger partial charge in [-0.3, -0.25) is 4.79 Å². The lowest BCUT2D eigenvalue weighted by Crippen LogP contribution is -2.38. The molecule has 1 fully saturated rings. The minimum absolute atomic E-state index is 0.149. The highest BCUT2D eigenvalue weighted by Gasteiger charge is 2.23. The highest BCUT2D eigenvalue weighted by molar-refractivity contribution is 5.88. The van der Waals surface area contributed by atoms with Crippen molar-refractivity contribution in [2.75, 3.05) is 19.7 Å². The van der Waals surface area contributed by atoms with Gasteiger partial charge >= 0.3 is 0 Å². The number of aromatic nitrogens is 1. The number of hydrogen-bond acceptors (Lipinski definition) is 4. The number of unbranched alkanes of at least 4 members (excludes halogenated alkanes) is 1. The molecule has 0 unspecified atom stereocenters. The lowest BCUT2D eigenvalue weighted by atomic mass is 9.94. The zero-order valence-corrected chi connectivity index (χ0v) is 20.1. The summed E-state index contributed by atoms with van der Waals surface area (Å²) in [6, 6.07) is 8.16. The first-order chi connectivity index (χ1) is 15.3. The van der Waals surface area contributed by atoms with Gasteiger partial charge in [0, 0.05) is 30.5 Å². The Morgan fingerprint density at radius 3 is 2.69 bits per heavy atom. The number of pyridine rings is 1. The van der Waals surface area contributed by atoms with Crippen LogP contribution in [0, 0.1) is 12.8 Å². The number of amides is 1.